The predicted octanol–water partition coefficient (Wildman–Crippen LogP) is 4.87. The number of H-pyrrole nitrogens is 1. The summed E-state index contributed by atoms with van der Waals surface area (Å²) >= 11 is 12.9. The van der Waals surface area contributed by atoms with Crippen molar-refractivity contribution in [2.24, 2.45) is 0 Å². The molecule has 2 aromatic rings. The molecule has 1 atom stereocenters. The summed E-state index contributed by atoms with van der Waals surface area (Å²) in [7, 11) is 0. The Morgan fingerprint density at radius 1 is 1.48 bits per heavy atom. The fourth-order valence-electron chi connectivity index (χ4n) is 3.34. The largest absolute Gasteiger partial charge is 0.427 e. The molecule has 0 saturated heterocycles. The number of aromatic amines is 1. The van der Waals surface area contributed by atoms with Crippen LogP contribution in [0.1, 0.15) is 43.5 Å². The summed E-state index contributed by atoms with van der Waals surface area (Å²) in [6.07, 6.45) is 2.07. The second kappa shape index (κ2) is 6.00. The summed E-state index contributed by atoms with van der Waals surface area (Å²) in [4.78, 5) is 15.0. The van der Waals surface area contributed by atoms with Crippen LogP contribution in [0.25, 0.3) is 10.9 Å². The van der Waals surface area contributed by atoms with Crippen LogP contribution in [-0.4, -0.2) is 17.6 Å². The molecule has 1 aromatic heterocycles. The number of carbonyl (C=O) groups excluding carboxylic acids is 1. The van der Waals surface area contributed by atoms with E-state index in [1.807, 2.05) is 19.9 Å². The predicted molar refractivity (Wildman–Crippen MR) is 91.1 cm³/mol. The van der Waals surface area contributed by atoms with Crippen LogP contribution in [0.15, 0.2) is 6.07 Å². The van der Waals surface area contributed by atoms with Gasteiger partial charge in [-0.25, -0.2) is 0 Å². The lowest BCUT2D eigenvalue weighted by atomic mass is 9.96. The minimum absolute atomic E-state index is 0.377. The van der Waals surface area contributed by atoms with Gasteiger partial charge in [-0.3, -0.25) is 4.79 Å². The van der Waals surface area contributed by atoms with Gasteiger partial charge in [0, 0.05) is 18.7 Å². The summed E-state index contributed by atoms with van der Waals surface area (Å²) in [6, 6.07) is 1.84. The molecule has 0 saturated carbocycles. The molecule has 3 rings (SSSR count). The van der Waals surface area contributed by atoms with Crippen molar-refractivity contribution in [1.29, 1.82) is 0 Å². The first-order valence-corrected chi connectivity index (χ1v) is 8.48. The van der Waals surface area contributed by atoms with Crippen LogP contribution in [0.2, 0.25) is 10.0 Å². The molecule has 124 valence electrons. The van der Waals surface area contributed by atoms with Crippen LogP contribution in [-0.2, 0) is 26.5 Å². The monoisotopic (exact) mass is 355 g/mol. The second-order valence-electron chi connectivity index (χ2n) is 5.91. The number of aryl methyl sites for hydroxylation is 1. The molecule has 1 unspecified atom stereocenters. The number of carbonyl (C=O) groups is 1. The molecule has 0 amide bonds. The Morgan fingerprint density at radius 3 is 2.87 bits per heavy atom. The molecule has 0 fully saturated rings. The highest BCUT2D eigenvalue weighted by atomic mass is 35.5. The van der Waals surface area contributed by atoms with E-state index in [2.05, 4.69) is 4.98 Å². The number of nitrogens with one attached hydrogen (secondary N) is 1. The third-order valence-electron chi connectivity index (χ3n) is 4.21. The van der Waals surface area contributed by atoms with E-state index in [0.29, 0.717) is 29.5 Å². The van der Waals surface area contributed by atoms with E-state index in [1.165, 1.54) is 6.92 Å². The smallest absolute Gasteiger partial charge is 0.305 e. The first-order chi connectivity index (χ1) is 10.9. The Labute approximate surface area is 145 Å². The lowest BCUT2D eigenvalue weighted by Crippen LogP contribution is -2.39. The molecule has 1 aliphatic rings. The van der Waals surface area contributed by atoms with E-state index < -0.39 is 5.79 Å². The van der Waals surface area contributed by atoms with E-state index in [-0.39, 0.29) is 5.97 Å². The highest BCUT2D eigenvalue weighted by molar-refractivity contribution is 6.41. The van der Waals surface area contributed by atoms with E-state index in [4.69, 9.17) is 32.7 Å². The van der Waals surface area contributed by atoms with E-state index in [1.54, 1.807) is 0 Å². The van der Waals surface area contributed by atoms with Gasteiger partial charge in [0.2, 0.25) is 0 Å². The molecule has 6 heteroatoms. The molecular formula is C17H19Cl2NO3. The van der Waals surface area contributed by atoms with Gasteiger partial charge in [-0.15, -0.1) is 0 Å². The van der Waals surface area contributed by atoms with Crippen LogP contribution in [0, 0.1) is 6.92 Å². The lowest BCUT2D eigenvalue weighted by Gasteiger charge is -2.36. The Kier molecular flexibility index (Phi) is 4.34. The molecule has 0 aliphatic carbocycles. The van der Waals surface area contributed by atoms with Crippen molar-refractivity contribution in [3.05, 3.63) is 32.9 Å². The van der Waals surface area contributed by atoms with Crippen LogP contribution >= 0.6 is 23.2 Å². The minimum atomic E-state index is -1.09. The van der Waals surface area contributed by atoms with E-state index in [9.17, 15) is 4.79 Å². The Bertz CT molecular complexity index is 784. The molecule has 2 heterocycles. The van der Waals surface area contributed by atoms with Gasteiger partial charge in [-0.05, 0) is 37.0 Å². The first-order valence-electron chi connectivity index (χ1n) is 7.72. The number of esters is 1. The normalized spacial score (nSPS) is 20.6. The van der Waals surface area contributed by atoms with Gasteiger partial charge < -0.3 is 14.5 Å². The minimum Gasteiger partial charge on any atom is -0.427 e. The molecule has 1 N–H and O–H groups in total. The van der Waals surface area contributed by atoms with Crippen LogP contribution in [0.5, 0.6) is 0 Å². The van der Waals surface area contributed by atoms with Gasteiger partial charge in [0.25, 0.3) is 5.79 Å². The number of rotatable bonds is 3. The average molecular weight is 356 g/mol. The summed E-state index contributed by atoms with van der Waals surface area (Å²) < 4.78 is 11.5. The number of hydrogen-bond donors (Lipinski definition) is 1. The zero-order valence-electron chi connectivity index (χ0n) is 13.4. The van der Waals surface area contributed by atoms with Crippen molar-refractivity contribution >= 4 is 40.1 Å². The summed E-state index contributed by atoms with van der Waals surface area (Å²) in [5.74, 6) is -1.47. The number of halogens is 2. The second-order valence-corrected chi connectivity index (χ2v) is 6.70. The van der Waals surface area contributed by atoms with Gasteiger partial charge in [0.1, 0.15) is 0 Å². The topological polar surface area (TPSA) is 51.3 Å². The van der Waals surface area contributed by atoms with Gasteiger partial charge in [0.05, 0.1) is 27.9 Å². The maximum atomic E-state index is 11.6. The van der Waals surface area contributed by atoms with Crippen LogP contribution in [0.3, 0.4) is 0 Å². The van der Waals surface area contributed by atoms with Gasteiger partial charge in [-0.1, -0.05) is 30.1 Å². The highest BCUT2D eigenvalue weighted by Gasteiger charge is 2.43. The van der Waals surface area contributed by atoms with Crippen LogP contribution in [0.4, 0.5) is 0 Å². The fraction of sp³-hybridized carbons (Fsp3) is 0.471. The van der Waals surface area contributed by atoms with Crippen molar-refractivity contribution in [3.8, 4) is 0 Å². The van der Waals surface area contributed by atoms with Crippen molar-refractivity contribution in [2.75, 3.05) is 6.61 Å². The first kappa shape index (κ1) is 16.6. The molecule has 1 aromatic carbocycles. The van der Waals surface area contributed by atoms with E-state index >= 15 is 0 Å². The van der Waals surface area contributed by atoms with Crippen molar-refractivity contribution in [3.63, 3.8) is 0 Å². The van der Waals surface area contributed by atoms with Crippen molar-refractivity contribution in [2.45, 2.75) is 45.8 Å². The number of hydrogen-bond acceptors (Lipinski definition) is 3. The van der Waals surface area contributed by atoms with Crippen LogP contribution < -0.4 is 0 Å². The number of fused-ring (bicyclic) bond motifs is 3. The number of aromatic nitrogens is 1. The standard InChI is InChI=1S/C17H19Cl2NO3/c1-4-6-17(23-10(3)21)16-11(5-7-22-17)13-14(19)9(2)8-12(18)15(13)20-16/h8,20H,4-7H2,1-3H3. The summed E-state index contributed by atoms with van der Waals surface area (Å²) in [6.45, 7) is 5.81. The molecule has 4 nitrogen and oxygen atoms in total. The number of benzene rings is 1. The number of ether oxygens (including phenoxy) is 2. The summed E-state index contributed by atoms with van der Waals surface area (Å²) in [5.41, 5.74) is 3.47. The lowest BCUT2D eigenvalue weighted by molar-refractivity contribution is -0.247. The maximum Gasteiger partial charge on any atom is 0.305 e. The Hall–Kier alpha value is -1.23. The molecule has 0 bridgehead atoms. The molecule has 0 radical (unpaired) electrons. The van der Waals surface area contributed by atoms with E-state index in [0.717, 1.165) is 34.1 Å². The molecule has 1 aliphatic heterocycles. The quantitative estimate of drug-likeness (QED) is 0.798. The van der Waals surface area contributed by atoms with Gasteiger partial charge >= 0.3 is 5.97 Å². The molecule has 23 heavy (non-hydrogen) atoms. The highest BCUT2D eigenvalue weighted by Crippen LogP contribution is 2.45. The van der Waals surface area contributed by atoms with Crippen molar-refractivity contribution in [1.82, 2.24) is 4.98 Å². The average Bonchev–Trinajstić information content (AvgIpc) is 2.86. The third-order valence-corrected chi connectivity index (χ3v) is 4.99. The van der Waals surface area contributed by atoms with Crippen molar-refractivity contribution < 1.29 is 14.3 Å². The summed E-state index contributed by atoms with van der Waals surface area (Å²) in [5, 5.41) is 2.18. The third kappa shape index (κ3) is 2.63. The van der Waals surface area contributed by atoms with Gasteiger partial charge in [0.15, 0.2) is 0 Å². The zero-order chi connectivity index (χ0) is 16.8. The van der Waals surface area contributed by atoms with Gasteiger partial charge in [-0.2, -0.15) is 0 Å². The Morgan fingerprint density at radius 2 is 2.22 bits per heavy atom. The molecule has 0 spiro atoms. The maximum absolute atomic E-state index is 11.6. The zero-order valence-corrected chi connectivity index (χ0v) is 14.9. The fourth-order valence-corrected chi connectivity index (χ4v) is 3.91. The molecular weight excluding hydrogens is 337 g/mol. The Balaban J connectivity index is 2.30. The SMILES string of the molecule is CCCC1(OC(C)=O)OCCc2c1[nH]c1c(Cl)cc(C)c(Cl)c21.